The summed E-state index contributed by atoms with van der Waals surface area (Å²) in [4.78, 5) is 14.6. The van der Waals surface area contributed by atoms with Crippen LogP contribution in [0.2, 0.25) is 0 Å². The van der Waals surface area contributed by atoms with Crippen LogP contribution in [0.1, 0.15) is 42.1 Å². The molecule has 1 aromatic carbocycles. The van der Waals surface area contributed by atoms with E-state index in [0.29, 0.717) is 0 Å². The summed E-state index contributed by atoms with van der Waals surface area (Å²) < 4.78 is 0. The van der Waals surface area contributed by atoms with Crippen LogP contribution >= 0.6 is 0 Å². The molecule has 1 unspecified atom stereocenters. The number of amides is 1. The Bertz CT molecular complexity index is 469. The van der Waals surface area contributed by atoms with Gasteiger partial charge in [-0.25, -0.2) is 0 Å². The van der Waals surface area contributed by atoms with Gasteiger partial charge in [-0.15, -0.1) is 0 Å². The van der Waals surface area contributed by atoms with Crippen molar-refractivity contribution in [2.45, 2.75) is 31.7 Å². The van der Waals surface area contributed by atoms with Crippen LogP contribution in [0.15, 0.2) is 24.3 Å². The maximum atomic E-state index is 12.1. The highest BCUT2D eigenvalue weighted by molar-refractivity contribution is 6.00. The Morgan fingerprint density at radius 3 is 3.06 bits per heavy atom. The van der Waals surface area contributed by atoms with Crippen LogP contribution in [0.4, 0.5) is 0 Å². The predicted octanol–water partition coefficient (Wildman–Crippen LogP) is 2.13. The van der Waals surface area contributed by atoms with Gasteiger partial charge in [-0.05, 0) is 44.0 Å². The standard InChI is InChI=1S/C15H20N2O/c1-2-9-17-10-5-8-15(11-17)13-7-4-3-6-12(13)14(18)16-15/h3-4,6-7H,2,5,8-11H2,1H3,(H,16,18). The van der Waals surface area contributed by atoms with E-state index >= 15 is 0 Å². The zero-order valence-electron chi connectivity index (χ0n) is 10.9. The second-order valence-electron chi connectivity index (χ2n) is 5.46. The quantitative estimate of drug-likeness (QED) is 0.864. The van der Waals surface area contributed by atoms with E-state index in [2.05, 4.69) is 23.2 Å². The lowest BCUT2D eigenvalue weighted by molar-refractivity contribution is 0.0838. The van der Waals surface area contributed by atoms with E-state index in [1.807, 2.05) is 18.2 Å². The number of nitrogens with one attached hydrogen (secondary N) is 1. The Morgan fingerprint density at radius 2 is 2.22 bits per heavy atom. The molecule has 18 heavy (non-hydrogen) atoms. The number of piperidine rings is 1. The van der Waals surface area contributed by atoms with Crippen LogP contribution in [0, 0.1) is 0 Å². The molecule has 3 nitrogen and oxygen atoms in total. The maximum absolute atomic E-state index is 12.1. The lowest BCUT2D eigenvalue weighted by Gasteiger charge is -2.41. The molecule has 96 valence electrons. The van der Waals surface area contributed by atoms with Crippen LogP contribution in [0.5, 0.6) is 0 Å². The van der Waals surface area contributed by atoms with Crippen LogP contribution in [0.3, 0.4) is 0 Å². The van der Waals surface area contributed by atoms with E-state index < -0.39 is 0 Å². The van der Waals surface area contributed by atoms with Crippen molar-refractivity contribution in [3.05, 3.63) is 35.4 Å². The second kappa shape index (κ2) is 4.39. The summed E-state index contributed by atoms with van der Waals surface area (Å²) in [5.41, 5.74) is 1.95. The van der Waals surface area contributed by atoms with Crippen LogP contribution in [0.25, 0.3) is 0 Å². The molecular weight excluding hydrogens is 224 g/mol. The van der Waals surface area contributed by atoms with Gasteiger partial charge in [0.25, 0.3) is 5.91 Å². The minimum Gasteiger partial charge on any atom is -0.341 e. The van der Waals surface area contributed by atoms with E-state index in [0.717, 1.165) is 38.0 Å². The Hall–Kier alpha value is -1.35. The normalized spacial score (nSPS) is 27.3. The molecule has 3 rings (SSSR count). The number of benzene rings is 1. The van der Waals surface area contributed by atoms with Gasteiger partial charge in [-0.1, -0.05) is 25.1 Å². The van der Waals surface area contributed by atoms with Crippen LogP contribution in [-0.4, -0.2) is 30.4 Å². The van der Waals surface area contributed by atoms with E-state index in [4.69, 9.17) is 0 Å². The zero-order chi connectivity index (χ0) is 12.6. The molecule has 1 amide bonds. The molecule has 0 radical (unpaired) electrons. The third kappa shape index (κ3) is 1.74. The van der Waals surface area contributed by atoms with Crippen molar-refractivity contribution in [2.24, 2.45) is 0 Å². The summed E-state index contributed by atoms with van der Waals surface area (Å²) in [7, 11) is 0. The molecule has 2 aliphatic rings. The smallest absolute Gasteiger partial charge is 0.252 e. The second-order valence-corrected chi connectivity index (χ2v) is 5.46. The molecule has 1 fully saturated rings. The first-order valence-corrected chi connectivity index (χ1v) is 6.89. The van der Waals surface area contributed by atoms with Crippen molar-refractivity contribution < 1.29 is 4.79 Å². The van der Waals surface area contributed by atoms with Crippen molar-refractivity contribution >= 4 is 5.91 Å². The molecule has 1 atom stereocenters. The van der Waals surface area contributed by atoms with Crippen LogP contribution < -0.4 is 5.32 Å². The van der Waals surface area contributed by atoms with Crippen molar-refractivity contribution in [3.8, 4) is 0 Å². The minimum absolute atomic E-state index is 0.101. The van der Waals surface area contributed by atoms with Gasteiger partial charge in [-0.3, -0.25) is 4.79 Å². The minimum atomic E-state index is -0.124. The van der Waals surface area contributed by atoms with Crippen molar-refractivity contribution in [3.63, 3.8) is 0 Å². The summed E-state index contributed by atoms with van der Waals surface area (Å²) >= 11 is 0. The van der Waals surface area contributed by atoms with Crippen LogP contribution in [-0.2, 0) is 5.54 Å². The monoisotopic (exact) mass is 244 g/mol. The van der Waals surface area contributed by atoms with Gasteiger partial charge in [0, 0.05) is 12.1 Å². The highest BCUT2D eigenvalue weighted by atomic mass is 16.2. The zero-order valence-corrected chi connectivity index (χ0v) is 10.9. The third-order valence-electron chi connectivity index (χ3n) is 4.15. The number of rotatable bonds is 2. The lowest BCUT2D eigenvalue weighted by Crippen LogP contribution is -2.52. The number of fused-ring (bicyclic) bond motifs is 2. The summed E-state index contributed by atoms with van der Waals surface area (Å²) in [5.74, 6) is 0.101. The Morgan fingerprint density at radius 1 is 1.39 bits per heavy atom. The fraction of sp³-hybridized carbons (Fsp3) is 0.533. The topological polar surface area (TPSA) is 32.3 Å². The van der Waals surface area contributed by atoms with Crippen molar-refractivity contribution in [2.75, 3.05) is 19.6 Å². The average molecular weight is 244 g/mol. The molecule has 2 heterocycles. The SMILES string of the molecule is CCCN1CCCC2(C1)NC(=O)c1ccccc12. The highest BCUT2D eigenvalue weighted by Gasteiger charge is 2.44. The predicted molar refractivity (Wildman–Crippen MR) is 71.6 cm³/mol. The van der Waals surface area contributed by atoms with Gasteiger partial charge in [0.2, 0.25) is 0 Å². The van der Waals surface area contributed by atoms with Gasteiger partial charge >= 0.3 is 0 Å². The molecule has 1 N–H and O–H groups in total. The largest absolute Gasteiger partial charge is 0.341 e. The summed E-state index contributed by atoms with van der Waals surface area (Å²) in [5, 5.41) is 3.24. The number of nitrogens with zero attached hydrogens (tertiary/aromatic N) is 1. The highest BCUT2D eigenvalue weighted by Crippen LogP contribution is 2.38. The summed E-state index contributed by atoms with van der Waals surface area (Å²) in [6, 6.07) is 8.05. The number of hydrogen-bond donors (Lipinski definition) is 1. The van der Waals surface area contributed by atoms with Gasteiger partial charge in [-0.2, -0.15) is 0 Å². The molecule has 1 aromatic rings. The third-order valence-corrected chi connectivity index (χ3v) is 4.15. The van der Waals surface area contributed by atoms with E-state index in [9.17, 15) is 4.79 Å². The van der Waals surface area contributed by atoms with Gasteiger partial charge in [0.1, 0.15) is 0 Å². The number of hydrogen-bond acceptors (Lipinski definition) is 2. The maximum Gasteiger partial charge on any atom is 0.252 e. The number of carbonyl (C=O) groups is 1. The van der Waals surface area contributed by atoms with Crippen molar-refractivity contribution in [1.82, 2.24) is 10.2 Å². The molecule has 0 saturated carbocycles. The van der Waals surface area contributed by atoms with Crippen molar-refractivity contribution in [1.29, 1.82) is 0 Å². The lowest BCUT2D eigenvalue weighted by atomic mass is 9.83. The van der Waals surface area contributed by atoms with Gasteiger partial charge in [0.15, 0.2) is 0 Å². The first-order valence-electron chi connectivity index (χ1n) is 6.89. The fourth-order valence-corrected chi connectivity index (χ4v) is 3.42. The summed E-state index contributed by atoms with van der Waals surface area (Å²) in [6.45, 7) is 5.46. The van der Waals surface area contributed by atoms with Gasteiger partial charge < -0.3 is 10.2 Å². The first-order chi connectivity index (χ1) is 8.75. The Balaban J connectivity index is 1.94. The average Bonchev–Trinajstić information content (AvgIpc) is 2.64. The fourth-order valence-electron chi connectivity index (χ4n) is 3.42. The molecular formula is C15H20N2O. The molecule has 1 spiro atoms. The number of likely N-dealkylation sites (tertiary alicyclic amines) is 1. The molecule has 2 aliphatic heterocycles. The molecule has 0 aliphatic carbocycles. The Kier molecular flexibility index (Phi) is 2.86. The van der Waals surface area contributed by atoms with Gasteiger partial charge in [0.05, 0.1) is 5.54 Å². The molecule has 0 aromatic heterocycles. The van der Waals surface area contributed by atoms with E-state index in [1.165, 1.54) is 12.0 Å². The first kappa shape index (κ1) is 11.7. The van der Waals surface area contributed by atoms with E-state index in [1.54, 1.807) is 0 Å². The number of carbonyl (C=O) groups excluding carboxylic acids is 1. The molecule has 3 heteroatoms. The molecule has 0 bridgehead atoms. The summed E-state index contributed by atoms with van der Waals surface area (Å²) in [6.07, 6.45) is 3.40. The van der Waals surface area contributed by atoms with E-state index in [-0.39, 0.29) is 11.4 Å². The Labute approximate surface area is 108 Å². The molecule has 1 saturated heterocycles.